The van der Waals surface area contributed by atoms with Gasteiger partial charge in [0.2, 0.25) is 0 Å². The van der Waals surface area contributed by atoms with E-state index in [0.717, 1.165) is 11.3 Å². The number of carbonyl (C=O) groups excluding carboxylic acids is 1. The number of rotatable bonds is 12. The van der Waals surface area contributed by atoms with Gasteiger partial charge in [0.15, 0.2) is 5.13 Å². The lowest BCUT2D eigenvalue weighted by Crippen LogP contribution is -2.12. The van der Waals surface area contributed by atoms with Crippen LogP contribution in [0, 0.1) is 11.7 Å². The molecule has 0 aliphatic rings. The normalized spacial score (nSPS) is 12.6. The summed E-state index contributed by atoms with van der Waals surface area (Å²) in [6, 6.07) is 7.80. The Labute approximate surface area is 240 Å². The van der Waals surface area contributed by atoms with E-state index >= 15 is 4.39 Å². The van der Waals surface area contributed by atoms with Gasteiger partial charge in [-0.1, -0.05) is 49.2 Å². The maximum atomic E-state index is 15.5. The molecule has 1 heterocycles. The van der Waals surface area contributed by atoms with Crippen molar-refractivity contribution in [3.05, 3.63) is 73.8 Å². The largest absolute Gasteiger partial charge is 0.478 e. The number of ether oxygens (including phenoxy) is 2. The third-order valence-corrected chi connectivity index (χ3v) is 7.06. The Kier molecular flexibility index (Phi) is 11.0. The highest BCUT2D eigenvalue weighted by Crippen LogP contribution is 2.33. The highest BCUT2D eigenvalue weighted by Gasteiger charge is 2.21. The van der Waals surface area contributed by atoms with Crippen molar-refractivity contribution in [1.82, 2.24) is 4.98 Å². The van der Waals surface area contributed by atoms with Crippen LogP contribution >= 0.6 is 34.5 Å². The average Bonchev–Trinajstić information content (AvgIpc) is 3.34. The quantitative estimate of drug-likeness (QED) is 0.164. The monoisotopic (exact) mass is 594 g/mol. The predicted molar refractivity (Wildman–Crippen MR) is 153 cm³/mol. The number of nitrogens with zero attached hydrogens (tertiary/aromatic N) is 1. The van der Waals surface area contributed by atoms with Gasteiger partial charge in [-0.25, -0.2) is 14.2 Å². The van der Waals surface area contributed by atoms with Gasteiger partial charge in [-0.3, -0.25) is 10.1 Å². The van der Waals surface area contributed by atoms with Crippen molar-refractivity contribution in [2.45, 2.75) is 33.3 Å². The Balaban J connectivity index is 1.76. The van der Waals surface area contributed by atoms with E-state index in [1.165, 1.54) is 32.2 Å². The summed E-state index contributed by atoms with van der Waals surface area (Å²) in [6.45, 7) is 6.59. The standard InChI is InChI=1S/C28H29Cl2FN2O5S/c1-15(2)13-38-9-8-24(37-4)19-7-5-6-18(25(19)31)23-14-39-28(32-23)33-26(34)17-11-21(29)20(22(30)12-17)10-16(3)27(35)36/h5-7,10-12,14-15,24H,8-9,13H2,1-4H3,(H,35,36)(H,32,33,34). The van der Waals surface area contributed by atoms with E-state index in [1.54, 1.807) is 23.6 Å². The minimum absolute atomic E-state index is 0.0406. The number of nitrogens with one attached hydrogen (secondary N) is 1. The second-order valence-corrected chi connectivity index (χ2v) is 10.8. The van der Waals surface area contributed by atoms with Crippen molar-refractivity contribution in [3.8, 4) is 11.3 Å². The molecule has 3 rings (SSSR count). The molecular formula is C28H29Cl2FN2O5S. The highest BCUT2D eigenvalue weighted by molar-refractivity contribution is 7.14. The summed E-state index contributed by atoms with van der Waals surface area (Å²) < 4.78 is 26.7. The number of aliphatic carboxylic acids is 1. The van der Waals surface area contributed by atoms with Gasteiger partial charge in [0.25, 0.3) is 5.91 Å². The lowest BCUT2D eigenvalue weighted by molar-refractivity contribution is -0.132. The molecule has 7 nitrogen and oxygen atoms in total. The number of carboxylic acid groups (broad SMARTS) is 1. The maximum absolute atomic E-state index is 15.5. The maximum Gasteiger partial charge on any atom is 0.331 e. The van der Waals surface area contributed by atoms with Crippen molar-refractivity contribution in [2.75, 3.05) is 25.6 Å². The molecule has 0 spiro atoms. The van der Waals surface area contributed by atoms with E-state index in [-0.39, 0.29) is 31.9 Å². The van der Waals surface area contributed by atoms with Crippen LogP contribution in [0.15, 0.2) is 41.3 Å². The van der Waals surface area contributed by atoms with E-state index in [0.29, 0.717) is 42.4 Å². The van der Waals surface area contributed by atoms with Crippen molar-refractivity contribution < 1.29 is 28.6 Å². The molecule has 0 aliphatic heterocycles. The number of carboxylic acids is 1. The molecule has 2 N–H and O–H groups in total. The van der Waals surface area contributed by atoms with Crippen LogP contribution in [0.4, 0.5) is 9.52 Å². The number of methoxy groups -OCH3 is 1. The van der Waals surface area contributed by atoms with Gasteiger partial charge in [-0.2, -0.15) is 0 Å². The molecule has 39 heavy (non-hydrogen) atoms. The van der Waals surface area contributed by atoms with E-state index in [9.17, 15) is 9.59 Å². The van der Waals surface area contributed by atoms with Crippen LogP contribution in [0.5, 0.6) is 0 Å². The third kappa shape index (κ3) is 8.09. The van der Waals surface area contributed by atoms with Crippen LogP contribution in [0.3, 0.4) is 0 Å². The van der Waals surface area contributed by atoms with Crippen LogP contribution in [-0.2, 0) is 14.3 Å². The molecule has 0 fully saturated rings. The molecule has 3 aromatic rings. The van der Waals surface area contributed by atoms with Gasteiger partial charge < -0.3 is 14.6 Å². The summed E-state index contributed by atoms with van der Waals surface area (Å²) in [6.07, 6.45) is 1.34. The molecule has 0 saturated carbocycles. The van der Waals surface area contributed by atoms with Gasteiger partial charge in [0, 0.05) is 60.0 Å². The Morgan fingerprint density at radius 2 is 1.92 bits per heavy atom. The second kappa shape index (κ2) is 14.0. The Hall–Kier alpha value is -2.82. The van der Waals surface area contributed by atoms with E-state index < -0.39 is 23.8 Å². The van der Waals surface area contributed by atoms with Crippen LogP contribution in [0.25, 0.3) is 17.3 Å². The zero-order chi connectivity index (χ0) is 28.7. The molecular weight excluding hydrogens is 566 g/mol. The molecule has 11 heteroatoms. The van der Waals surface area contributed by atoms with Gasteiger partial charge in [0.05, 0.1) is 21.8 Å². The summed E-state index contributed by atoms with van der Waals surface area (Å²) in [7, 11) is 1.53. The number of benzene rings is 2. The minimum Gasteiger partial charge on any atom is -0.478 e. The molecule has 0 saturated heterocycles. The lowest BCUT2D eigenvalue weighted by Gasteiger charge is -2.18. The summed E-state index contributed by atoms with van der Waals surface area (Å²) >= 11 is 13.7. The SMILES string of the molecule is COC(CCOCC(C)C)c1cccc(-c2csc(NC(=O)c3cc(Cl)c(C=C(C)C(=O)O)c(Cl)c3)n2)c1F. The average molecular weight is 596 g/mol. The topological polar surface area (TPSA) is 97.8 Å². The summed E-state index contributed by atoms with van der Waals surface area (Å²) in [5, 5.41) is 13.9. The molecule has 2 aromatic carbocycles. The first-order chi connectivity index (χ1) is 18.5. The van der Waals surface area contributed by atoms with Gasteiger partial charge >= 0.3 is 5.97 Å². The van der Waals surface area contributed by atoms with Crippen LogP contribution in [-0.4, -0.2) is 42.3 Å². The van der Waals surface area contributed by atoms with Crippen LogP contribution in [0.1, 0.15) is 54.8 Å². The number of hydrogen-bond donors (Lipinski definition) is 2. The number of halogens is 3. The fourth-order valence-electron chi connectivity index (χ4n) is 3.66. The number of amides is 1. The second-order valence-electron chi connectivity index (χ2n) is 9.17. The molecule has 208 valence electrons. The van der Waals surface area contributed by atoms with E-state index in [2.05, 4.69) is 24.1 Å². The van der Waals surface area contributed by atoms with E-state index in [1.807, 2.05) is 0 Å². The molecule has 0 bridgehead atoms. The number of carbonyl (C=O) groups is 2. The zero-order valence-corrected chi connectivity index (χ0v) is 24.2. The lowest BCUT2D eigenvalue weighted by atomic mass is 10.0. The minimum atomic E-state index is -1.11. The fraction of sp³-hybridized carbons (Fsp3) is 0.321. The Bertz CT molecular complexity index is 1350. The molecule has 0 radical (unpaired) electrons. The predicted octanol–water partition coefficient (Wildman–Crippen LogP) is 7.75. The number of thiazole rings is 1. The highest BCUT2D eigenvalue weighted by atomic mass is 35.5. The molecule has 1 unspecified atom stereocenters. The van der Waals surface area contributed by atoms with Crippen molar-refractivity contribution in [1.29, 1.82) is 0 Å². The molecule has 1 aromatic heterocycles. The van der Waals surface area contributed by atoms with Crippen molar-refractivity contribution in [3.63, 3.8) is 0 Å². The van der Waals surface area contributed by atoms with Crippen LogP contribution in [0.2, 0.25) is 10.0 Å². The fourth-order valence-corrected chi connectivity index (χ4v) is 4.96. The first kappa shape index (κ1) is 30.7. The van der Waals surface area contributed by atoms with E-state index in [4.69, 9.17) is 37.8 Å². The third-order valence-electron chi connectivity index (χ3n) is 5.68. The zero-order valence-electron chi connectivity index (χ0n) is 21.9. The Morgan fingerprint density at radius 1 is 1.23 bits per heavy atom. The van der Waals surface area contributed by atoms with Crippen molar-refractivity contribution >= 4 is 57.6 Å². The van der Waals surface area contributed by atoms with Gasteiger partial charge in [-0.15, -0.1) is 11.3 Å². The summed E-state index contributed by atoms with van der Waals surface area (Å²) in [4.78, 5) is 28.4. The number of anilines is 1. The Morgan fingerprint density at radius 3 is 2.54 bits per heavy atom. The smallest absolute Gasteiger partial charge is 0.331 e. The molecule has 1 atom stereocenters. The van der Waals surface area contributed by atoms with Crippen molar-refractivity contribution in [2.24, 2.45) is 5.92 Å². The summed E-state index contributed by atoms with van der Waals surface area (Å²) in [5.41, 5.74) is 1.54. The van der Waals surface area contributed by atoms with Gasteiger partial charge in [-0.05, 0) is 37.1 Å². The first-order valence-corrected chi connectivity index (χ1v) is 13.7. The number of aromatic nitrogens is 1. The van der Waals surface area contributed by atoms with Gasteiger partial charge in [0.1, 0.15) is 5.82 Å². The first-order valence-electron chi connectivity index (χ1n) is 12.1. The van der Waals surface area contributed by atoms with Crippen LogP contribution < -0.4 is 5.32 Å². The number of hydrogen-bond acceptors (Lipinski definition) is 6. The molecule has 1 amide bonds. The summed E-state index contributed by atoms with van der Waals surface area (Å²) in [5.74, 6) is -1.68. The molecule has 0 aliphatic carbocycles.